The molecule has 0 N–H and O–H groups in total. The summed E-state index contributed by atoms with van der Waals surface area (Å²) < 4.78 is 11.2. The molecule has 13 heavy (non-hydrogen) atoms. The Morgan fingerprint density at radius 2 is 2.08 bits per heavy atom. The Morgan fingerprint density at radius 3 is 2.54 bits per heavy atom. The van der Waals surface area contributed by atoms with Crippen molar-refractivity contribution in [2.24, 2.45) is 0 Å². The van der Waals surface area contributed by atoms with Crippen molar-refractivity contribution >= 4 is 0 Å². The summed E-state index contributed by atoms with van der Waals surface area (Å²) in [7, 11) is 0. The third kappa shape index (κ3) is 1.73. The molecule has 0 saturated carbocycles. The molecule has 0 aromatic heterocycles. The highest BCUT2D eigenvalue weighted by Gasteiger charge is 2.46. The standard InChI is InChI=1S/C10H19NO2/c1-8(2)11-4-9(3)13-10(5-11)6-12-7-10/h8-9H,4-7H2,1-3H3/t9-/m0/s1. The maximum Gasteiger partial charge on any atom is 0.128 e. The number of hydrogen-bond acceptors (Lipinski definition) is 3. The van der Waals surface area contributed by atoms with E-state index in [2.05, 4.69) is 25.7 Å². The lowest BCUT2D eigenvalue weighted by atomic mass is 9.97. The van der Waals surface area contributed by atoms with Gasteiger partial charge in [0, 0.05) is 19.1 Å². The van der Waals surface area contributed by atoms with Crippen LogP contribution in [0.25, 0.3) is 0 Å². The summed E-state index contributed by atoms with van der Waals surface area (Å²) in [5.74, 6) is 0. The van der Waals surface area contributed by atoms with E-state index in [4.69, 9.17) is 9.47 Å². The number of morpholine rings is 1. The average Bonchev–Trinajstić information content (AvgIpc) is 2.00. The minimum Gasteiger partial charge on any atom is -0.375 e. The summed E-state index contributed by atoms with van der Waals surface area (Å²) in [5, 5.41) is 0. The topological polar surface area (TPSA) is 21.7 Å². The molecule has 2 aliphatic heterocycles. The monoisotopic (exact) mass is 185 g/mol. The molecule has 0 bridgehead atoms. The Labute approximate surface area is 80.0 Å². The molecular weight excluding hydrogens is 166 g/mol. The Bertz CT molecular complexity index is 189. The van der Waals surface area contributed by atoms with E-state index < -0.39 is 0 Å². The van der Waals surface area contributed by atoms with Crippen molar-refractivity contribution in [3.8, 4) is 0 Å². The van der Waals surface area contributed by atoms with Gasteiger partial charge in [-0.05, 0) is 20.8 Å². The molecule has 0 aliphatic carbocycles. The first kappa shape index (κ1) is 9.44. The third-order valence-corrected chi connectivity index (χ3v) is 2.89. The maximum absolute atomic E-state index is 5.92. The molecule has 0 amide bonds. The fourth-order valence-corrected chi connectivity index (χ4v) is 2.15. The lowest BCUT2D eigenvalue weighted by molar-refractivity contribution is -0.261. The first-order valence-corrected chi connectivity index (χ1v) is 5.11. The van der Waals surface area contributed by atoms with Gasteiger partial charge in [-0.3, -0.25) is 4.90 Å². The highest BCUT2D eigenvalue weighted by atomic mass is 16.6. The summed E-state index contributed by atoms with van der Waals surface area (Å²) in [6.07, 6.45) is 0.347. The van der Waals surface area contributed by atoms with Crippen LogP contribution < -0.4 is 0 Å². The fourth-order valence-electron chi connectivity index (χ4n) is 2.15. The zero-order valence-corrected chi connectivity index (χ0v) is 8.75. The second kappa shape index (κ2) is 3.23. The average molecular weight is 185 g/mol. The van der Waals surface area contributed by atoms with Gasteiger partial charge in [-0.2, -0.15) is 0 Å². The lowest BCUT2D eigenvalue weighted by Gasteiger charge is -2.51. The van der Waals surface area contributed by atoms with Crippen LogP contribution in [-0.2, 0) is 9.47 Å². The minimum atomic E-state index is 0.0297. The van der Waals surface area contributed by atoms with Gasteiger partial charge in [-0.1, -0.05) is 0 Å². The zero-order valence-electron chi connectivity index (χ0n) is 8.75. The van der Waals surface area contributed by atoms with Crippen LogP contribution in [0.3, 0.4) is 0 Å². The Kier molecular flexibility index (Phi) is 2.34. The fraction of sp³-hybridized carbons (Fsp3) is 1.00. The predicted octanol–water partition coefficient (Wildman–Crippen LogP) is 0.885. The molecule has 0 aromatic carbocycles. The van der Waals surface area contributed by atoms with Crippen LogP contribution in [0.5, 0.6) is 0 Å². The van der Waals surface area contributed by atoms with Crippen molar-refractivity contribution in [1.82, 2.24) is 4.90 Å². The van der Waals surface area contributed by atoms with E-state index in [0.717, 1.165) is 26.3 Å². The van der Waals surface area contributed by atoms with E-state index in [9.17, 15) is 0 Å². The van der Waals surface area contributed by atoms with E-state index in [1.54, 1.807) is 0 Å². The van der Waals surface area contributed by atoms with Crippen LogP contribution in [-0.4, -0.2) is 49.0 Å². The Morgan fingerprint density at radius 1 is 1.38 bits per heavy atom. The minimum absolute atomic E-state index is 0.0297. The van der Waals surface area contributed by atoms with Gasteiger partial charge in [0.1, 0.15) is 5.60 Å². The van der Waals surface area contributed by atoms with Gasteiger partial charge in [0.25, 0.3) is 0 Å². The Balaban J connectivity index is 2.01. The van der Waals surface area contributed by atoms with Crippen molar-refractivity contribution < 1.29 is 9.47 Å². The molecule has 2 rings (SSSR count). The SMILES string of the molecule is CC(C)N1C[C@H](C)OC2(COC2)C1. The van der Waals surface area contributed by atoms with Crippen LogP contribution >= 0.6 is 0 Å². The molecule has 0 unspecified atom stereocenters. The van der Waals surface area contributed by atoms with Gasteiger partial charge in [0.2, 0.25) is 0 Å². The molecule has 2 saturated heterocycles. The van der Waals surface area contributed by atoms with Gasteiger partial charge in [-0.25, -0.2) is 0 Å². The lowest BCUT2D eigenvalue weighted by Crippen LogP contribution is -2.65. The molecule has 1 atom stereocenters. The summed E-state index contributed by atoms with van der Waals surface area (Å²) in [6.45, 7) is 10.3. The predicted molar refractivity (Wildman–Crippen MR) is 50.8 cm³/mol. The maximum atomic E-state index is 5.92. The van der Waals surface area contributed by atoms with Gasteiger partial charge in [-0.15, -0.1) is 0 Å². The van der Waals surface area contributed by atoms with Crippen LogP contribution in [0.4, 0.5) is 0 Å². The van der Waals surface area contributed by atoms with E-state index in [-0.39, 0.29) is 5.60 Å². The largest absolute Gasteiger partial charge is 0.375 e. The molecule has 0 radical (unpaired) electrons. The second-order valence-electron chi connectivity index (χ2n) is 4.63. The molecule has 2 heterocycles. The quantitative estimate of drug-likeness (QED) is 0.605. The first-order valence-electron chi connectivity index (χ1n) is 5.11. The summed E-state index contributed by atoms with van der Waals surface area (Å²) in [5.41, 5.74) is 0.0297. The molecular formula is C10H19NO2. The smallest absolute Gasteiger partial charge is 0.128 e. The van der Waals surface area contributed by atoms with E-state index in [0.29, 0.717) is 12.1 Å². The number of rotatable bonds is 1. The molecule has 76 valence electrons. The molecule has 3 nitrogen and oxygen atoms in total. The van der Waals surface area contributed by atoms with E-state index >= 15 is 0 Å². The van der Waals surface area contributed by atoms with Crippen molar-refractivity contribution in [3.05, 3.63) is 0 Å². The number of hydrogen-bond donors (Lipinski definition) is 0. The van der Waals surface area contributed by atoms with Crippen LogP contribution in [0, 0.1) is 0 Å². The van der Waals surface area contributed by atoms with Crippen molar-refractivity contribution in [2.45, 2.75) is 38.5 Å². The number of ether oxygens (including phenoxy) is 2. The van der Waals surface area contributed by atoms with Crippen molar-refractivity contribution in [2.75, 3.05) is 26.3 Å². The van der Waals surface area contributed by atoms with E-state index in [1.807, 2.05) is 0 Å². The summed E-state index contributed by atoms with van der Waals surface area (Å²) in [4.78, 5) is 2.48. The molecule has 2 aliphatic rings. The zero-order chi connectivity index (χ0) is 9.47. The normalized spacial score (nSPS) is 33.7. The molecule has 2 fully saturated rings. The second-order valence-corrected chi connectivity index (χ2v) is 4.63. The summed E-state index contributed by atoms with van der Waals surface area (Å²) >= 11 is 0. The van der Waals surface area contributed by atoms with Crippen LogP contribution in [0.2, 0.25) is 0 Å². The highest BCUT2D eigenvalue weighted by Crippen LogP contribution is 2.29. The summed E-state index contributed by atoms with van der Waals surface area (Å²) in [6, 6.07) is 0.615. The van der Waals surface area contributed by atoms with Gasteiger partial charge >= 0.3 is 0 Å². The van der Waals surface area contributed by atoms with Crippen molar-refractivity contribution in [3.63, 3.8) is 0 Å². The first-order chi connectivity index (χ1) is 6.11. The van der Waals surface area contributed by atoms with Crippen LogP contribution in [0.15, 0.2) is 0 Å². The van der Waals surface area contributed by atoms with Gasteiger partial charge in [0.05, 0.1) is 19.3 Å². The Hall–Kier alpha value is -0.120. The van der Waals surface area contributed by atoms with Gasteiger partial charge in [0.15, 0.2) is 0 Å². The highest BCUT2D eigenvalue weighted by molar-refractivity contribution is 4.95. The molecule has 1 spiro atoms. The van der Waals surface area contributed by atoms with E-state index in [1.165, 1.54) is 0 Å². The molecule has 3 heteroatoms. The van der Waals surface area contributed by atoms with Crippen molar-refractivity contribution in [1.29, 1.82) is 0 Å². The molecule has 0 aromatic rings. The third-order valence-electron chi connectivity index (χ3n) is 2.89. The number of nitrogens with zero attached hydrogens (tertiary/aromatic N) is 1. The van der Waals surface area contributed by atoms with Crippen LogP contribution in [0.1, 0.15) is 20.8 Å². The van der Waals surface area contributed by atoms with Gasteiger partial charge < -0.3 is 9.47 Å².